The quantitative estimate of drug-likeness (QED) is 0.231. The minimum atomic E-state index is -0.745. The van der Waals surface area contributed by atoms with Gasteiger partial charge in [0, 0.05) is 24.4 Å². The number of methoxy groups -OCH3 is 1. The molecule has 0 fully saturated rings. The van der Waals surface area contributed by atoms with Crippen LogP contribution >= 0.6 is 24.4 Å². The zero-order chi connectivity index (χ0) is 24.1. The van der Waals surface area contributed by atoms with Crippen LogP contribution in [0.5, 0.6) is 17.5 Å². The summed E-state index contributed by atoms with van der Waals surface area (Å²) >= 11 is 5.75. The van der Waals surface area contributed by atoms with Gasteiger partial charge in [-0.05, 0) is 36.6 Å². The maximum atomic E-state index is 12.4. The summed E-state index contributed by atoms with van der Waals surface area (Å²) < 4.78 is 16.2. The summed E-state index contributed by atoms with van der Waals surface area (Å²) in [5.74, 6) is 1.30. The fourth-order valence-electron chi connectivity index (χ4n) is 2.64. The summed E-state index contributed by atoms with van der Waals surface area (Å²) in [6.07, 6.45) is 2.37. The zero-order valence-electron chi connectivity index (χ0n) is 18.7. The number of pyridine rings is 1. The van der Waals surface area contributed by atoms with E-state index < -0.39 is 17.9 Å². The van der Waals surface area contributed by atoms with Crippen molar-refractivity contribution < 1.29 is 23.8 Å². The van der Waals surface area contributed by atoms with Gasteiger partial charge < -0.3 is 30.6 Å². The summed E-state index contributed by atoms with van der Waals surface area (Å²) in [5, 5.41) is 5.79. The SMILES string of the molecule is COC(=O)C(CCSC)NC(=O)COc1nc(Oc2ccccc2)ccc1NCC(N)CS. The molecule has 0 aliphatic rings. The number of hydrogen-bond acceptors (Lipinski definition) is 10. The number of benzene rings is 1. The van der Waals surface area contributed by atoms with E-state index in [1.807, 2.05) is 24.5 Å². The molecule has 2 rings (SSSR count). The number of thioether (sulfide) groups is 1. The summed E-state index contributed by atoms with van der Waals surface area (Å²) in [6.45, 7) is 0.0909. The molecule has 2 atom stereocenters. The van der Waals surface area contributed by atoms with E-state index in [9.17, 15) is 9.59 Å². The molecule has 1 aromatic carbocycles. The first-order valence-electron chi connectivity index (χ1n) is 10.3. The van der Waals surface area contributed by atoms with E-state index in [1.54, 1.807) is 36.0 Å². The number of aromatic nitrogens is 1. The maximum Gasteiger partial charge on any atom is 0.328 e. The molecule has 2 unspecified atom stereocenters. The Bertz CT molecular complexity index is 888. The summed E-state index contributed by atoms with van der Waals surface area (Å²) in [6, 6.07) is 11.7. The number of nitrogens with zero attached hydrogens (tertiary/aromatic N) is 1. The molecule has 11 heteroatoms. The van der Waals surface area contributed by atoms with Gasteiger partial charge in [-0.15, -0.1) is 0 Å². The predicted molar refractivity (Wildman–Crippen MR) is 134 cm³/mol. The molecule has 0 bridgehead atoms. The first-order chi connectivity index (χ1) is 16.0. The molecule has 0 aliphatic heterocycles. The van der Waals surface area contributed by atoms with Crippen LogP contribution in [0.2, 0.25) is 0 Å². The van der Waals surface area contributed by atoms with Gasteiger partial charge in [0.15, 0.2) is 6.61 Å². The van der Waals surface area contributed by atoms with E-state index in [2.05, 4.69) is 28.2 Å². The number of amides is 1. The van der Waals surface area contributed by atoms with E-state index in [0.717, 1.165) is 0 Å². The molecule has 0 saturated carbocycles. The van der Waals surface area contributed by atoms with Gasteiger partial charge in [-0.3, -0.25) is 4.79 Å². The van der Waals surface area contributed by atoms with Gasteiger partial charge in [-0.25, -0.2) is 4.79 Å². The number of carbonyl (C=O) groups is 2. The molecule has 2 aromatic rings. The minimum absolute atomic E-state index is 0.170. The zero-order valence-corrected chi connectivity index (χ0v) is 20.4. The highest BCUT2D eigenvalue weighted by atomic mass is 32.2. The van der Waals surface area contributed by atoms with E-state index in [4.69, 9.17) is 19.9 Å². The largest absolute Gasteiger partial charge is 0.467 e. The Morgan fingerprint density at radius 1 is 1.21 bits per heavy atom. The Labute approximate surface area is 203 Å². The van der Waals surface area contributed by atoms with E-state index in [-0.39, 0.29) is 18.5 Å². The van der Waals surface area contributed by atoms with Gasteiger partial charge in [0.1, 0.15) is 11.8 Å². The van der Waals surface area contributed by atoms with Crippen LogP contribution in [0.25, 0.3) is 0 Å². The van der Waals surface area contributed by atoms with Crippen molar-refractivity contribution >= 4 is 42.0 Å². The first-order valence-corrected chi connectivity index (χ1v) is 12.3. The first kappa shape index (κ1) is 26.6. The third-order valence-electron chi connectivity index (χ3n) is 4.36. The normalized spacial score (nSPS) is 12.4. The van der Waals surface area contributed by atoms with Crippen molar-refractivity contribution in [2.75, 3.05) is 43.3 Å². The minimum Gasteiger partial charge on any atom is -0.467 e. The lowest BCUT2D eigenvalue weighted by Gasteiger charge is -2.18. The van der Waals surface area contributed by atoms with Gasteiger partial charge >= 0.3 is 5.97 Å². The molecule has 9 nitrogen and oxygen atoms in total. The number of nitrogens with one attached hydrogen (secondary N) is 2. The smallest absolute Gasteiger partial charge is 0.328 e. The molecule has 0 radical (unpaired) electrons. The van der Waals surface area contributed by atoms with E-state index in [0.29, 0.717) is 41.8 Å². The number of carbonyl (C=O) groups excluding carboxylic acids is 2. The van der Waals surface area contributed by atoms with E-state index in [1.165, 1.54) is 7.11 Å². The molecule has 1 amide bonds. The monoisotopic (exact) mass is 494 g/mol. The molecule has 33 heavy (non-hydrogen) atoms. The van der Waals surface area contributed by atoms with Crippen molar-refractivity contribution in [3.8, 4) is 17.5 Å². The van der Waals surface area contributed by atoms with Crippen molar-refractivity contribution in [3.05, 3.63) is 42.5 Å². The summed E-state index contributed by atoms with van der Waals surface area (Å²) in [4.78, 5) is 28.8. The number of thiol groups is 1. The molecule has 180 valence electrons. The third-order valence-corrected chi connectivity index (χ3v) is 5.47. The van der Waals surface area contributed by atoms with Gasteiger partial charge in [-0.2, -0.15) is 29.4 Å². The Balaban J connectivity index is 2.10. The van der Waals surface area contributed by atoms with Crippen LogP contribution in [0.1, 0.15) is 6.42 Å². The van der Waals surface area contributed by atoms with Crippen LogP contribution in [0.15, 0.2) is 42.5 Å². The van der Waals surface area contributed by atoms with Crippen LogP contribution < -0.4 is 25.8 Å². The Morgan fingerprint density at radius 2 is 1.97 bits per heavy atom. The Morgan fingerprint density at radius 3 is 2.64 bits per heavy atom. The second-order valence-corrected chi connectivity index (χ2v) is 8.31. The molecule has 0 spiro atoms. The highest BCUT2D eigenvalue weighted by molar-refractivity contribution is 7.98. The fourth-order valence-corrected chi connectivity index (χ4v) is 3.24. The number of hydrogen-bond donors (Lipinski definition) is 4. The maximum absolute atomic E-state index is 12.4. The topological polar surface area (TPSA) is 125 Å². The van der Waals surface area contributed by atoms with Crippen LogP contribution in [-0.2, 0) is 14.3 Å². The summed E-state index contributed by atoms with van der Waals surface area (Å²) in [7, 11) is 1.28. The van der Waals surface area contributed by atoms with Crippen molar-refractivity contribution in [1.29, 1.82) is 0 Å². The summed E-state index contributed by atoms with van der Waals surface area (Å²) in [5.41, 5.74) is 6.48. The highest BCUT2D eigenvalue weighted by Crippen LogP contribution is 2.28. The molecular formula is C22H30N4O5S2. The van der Waals surface area contributed by atoms with Gasteiger partial charge in [0.25, 0.3) is 5.91 Å². The van der Waals surface area contributed by atoms with Crippen molar-refractivity contribution in [3.63, 3.8) is 0 Å². The van der Waals surface area contributed by atoms with Gasteiger partial charge in [-0.1, -0.05) is 18.2 Å². The van der Waals surface area contributed by atoms with Crippen molar-refractivity contribution in [1.82, 2.24) is 10.3 Å². The highest BCUT2D eigenvalue weighted by Gasteiger charge is 2.21. The second-order valence-electron chi connectivity index (χ2n) is 6.95. The lowest BCUT2D eigenvalue weighted by molar-refractivity contribution is -0.145. The Hall–Kier alpha value is -2.63. The van der Waals surface area contributed by atoms with Crippen molar-refractivity contribution in [2.45, 2.75) is 18.5 Å². The third kappa shape index (κ3) is 9.40. The standard InChI is InChI=1S/C22H30N4O5S2/c1-29-22(28)18(10-11-33-2)25-19(27)13-30-21-17(24-12-15(23)14-32)8-9-20(26-21)31-16-6-4-3-5-7-16/h3-9,15,18,24,32H,10-14,23H2,1-2H3,(H,25,27). The molecule has 4 N–H and O–H groups in total. The Kier molecular flexibility index (Phi) is 11.7. The second kappa shape index (κ2) is 14.5. The van der Waals surface area contributed by atoms with Gasteiger partial charge in [0.2, 0.25) is 11.8 Å². The van der Waals surface area contributed by atoms with Gasteiger partial charge in [0.05, 0.1) is 12.8 Å². The number of para-hydroxylation sites is 1. The lowest BCUT2D eigenvalue weighted by atomic mass is 10.2. The van der Waals surface area contributed by atoms with Crippen LogP contribution in [-0.4, -0.2) is 67.0 Å². The molecule has 1 aromatic heterocycles. The van der Waals surface area contributed by atoms with E-state index >= 15 is 0 Å². The molecule has 0 saturated heterocycles. The number of ether oxygens (including phenoxy) is 3. The molecule has 0 aliphatic carbocycles. The van der Waals surface area contributed by atoms with Crippen molar-refractivity contribution in [2.24, 2.45) is 5.73 Å². The number of rotatable bonds is 14. The number of anilines is 1. The molecular weight excluding hydrogens is 464 g/mol. The van der Waals surface area contributed by atoms with Crippen LogP contribution in [0, 0.1) is 0 Å². The fraction of sp³-hybridized carbons (Fsp3) is 0.409. The predicted octanol–water partition coefficient (Wildman–Crippen LogP) is 2.33. The average Bonchev–Trinajstić information content (AvgIpc) is 2.84. The average molecular weight is 495 g/mol. The molecule has 1 heterocycles. The number of esters is 1. The lowest BCUT2D eigenvalue weighted by Crippen LogP contribution is -2.44. The van der Waals surface area contributed by atoms with Crippen LogP contribution in [0.4, 0.5) is 5.69 Å². The van der Waals surface area contributed by atoms with Crippen LogP contribution in [0.3, 0.4) is 0 Å². The number of nitrogens with two attached hydrogens (primary N) is 1.